The van der Waals surface area contributed by atoms with Gasteiger partial charge in [0.2, 0.25) is 16.0 Å². The third-order valence-corrected chi connectivity index (χ3v) is 11.2. The van der Waals surface area contributed by atoms with Crippen molar-refractivity contribution in [3.8, 4) is 0 Å². The Morgan fingerprint density at radius 1 is 1.11 bits per heavy atom. The van der Waals surface area contributed by atoms with Crippen LogP contribution < -0.4 is 10.6 Å². The molecule has 1 fully saturated rings. The fraction of sp³-hybridized carbons (Fsp3) is 0.448. The second kappa shape index (κ2) is 12.9. The topological polar surface area (TPSA) is 154 Å². The van der Waals surface area contributed by atoms with E-state index in [2.05, 4.69) is 25.6 Å². The molecule has 17 heteroatoms. The standard InChI is InChI=1S/C29H33F2N9O4S2/c1-38-28(35-24(41)20-6-3-2-4-7-20)36-29(18-46(38,43)44,16-19-8-9-23-32-12-5-13-39(23)14-10-19)26-34-22(17-45-26)33-25(42)21-11-15-40(37-21)27(30)31/h2-4,6-7,11,15,17,19,27H,5,8-10,12-14,16,18H2,1H3,(H,33,42)(H,35,36,41)/t19?,29-/m0/s1. The number of alkyl halides is 2. The molecule has 13 nitrogen and oxygen atoms in total. The molecule has 0 spiro atoms. The minimum atomic E-state index is -3.99. The summed E-state index contributed by atoms with van der Waals surface area (Å²) in [5.41, 5.74) is -1.28. The van der Waals surface area contributed by atoms with Crippen LogP contribution in [-0.4, -0.2) is 88.4 Å². The van der Waals surface area contributed by atoms with Gasteiger partial charge < -0.3 is 10.2 Å². The number of aromatic nitrogens is 3. The lowest BCUT2D eigenvalue weighted by atomic mass is 9.85. The molecular formula is C29H33F2N9O4S2. The minimum absolute atomic E-state index is 0.0574. The maximum Gasteiger partial charge on any atom is 0.333 e. The maximum atomic E-state index is 13.7. The Morgan fingerprint density at radius 3 is 2.67 bits per heavy atom. The van der Waals surface area contributed by atoms with Crippen molar-refractivity contribution >= 4 is 50.8 Å². The van der Waals surface area contributed by atoms with E-state index in [9.17, 15) is 26.8 Å². The summed E-state index contributed by atoms with van der Waals surface area (Å²) in [6.45, 7) is -0.368. The number of hydrogen-bond donors (Lipinski definition) is 2. The van der Waals surface area contributed by atoms with Crippen molar-refractivity contribution in [2.75, 3.05) is 37.8 Å². The molecular weight excluding hydrogens is 641 g/mol. The number of hydrogen-bond acceptors (Lipinski definition) is 10. The van der Waals surface area contributed by atoms with Gasteiger partial charge in [-0.1, -0.05) is 18.2 Å². The van der Waals surface area contributed by atoms with Gasteiger partial charge in [-0.3, -0.25) is 19.9 Å². The van der Waals surface area contributed by atoms with E-state index in [4.69, 9.17) is 9.98 Å². The van der Waals surface area contributed by atoms with Crippen LogP contribution in [0.2, 0.25) is 0 Å². The van der Waals surface area contributed by atoms with Crippen molar-refractivity contribution < 1.29 is 26.8 Å². The van der Waals surface area contributed by atoms with E-state index in [1.54, 1.807) is 35.7 Å². The second-order valence-corrected chi connectivity index (χ2v) is 14.4. The highest BCUT2D eigenvalue weighted by molar-refractivity contribution is 7.89. The van der Waals surface area contributed by atoms with Crippen LogP contribution in [0, 0.1) is 5.92 Å². The van der Waals surface area contributed by atoms with E-state index in [0.717, 1.165) is 79.1 Å². The Kier molecular flexibility index (Phi) is 8.87. The van der Waals surface area contributed by atoms with Gasteiger partial charge in [0.1, 0.15) is 22.1 Å². The molecule has 244 valence electrons. The Bertz CT molecular complexity index is 1780. The number of anilines is 1. The van der Waals surface area contributed by atoms with E-state index < -0.39 is 39.7 Å². The molecule has 46 heavy (non-hydrogen) atoms. The number of guanidine groups is 1. The van der Waals surface area contributed by atoms with Gasteiger partial charge in [-0.15, -0.1) is 11.3 Å². The number of aliphatic imine (C=N–C) groups is 2. The van der Waals surface area contributed by atoms with Crippen LogP contribution in [0.1, 0.15) is 64.5 Å². The van der Waals surface area contributed by atoms with Crippen LogP contribution in [0.25, 0.3) is 0 Å². The summed E-state index contributed by atoms with van der Waals surface area (Å²) in [4.78, 5) is 42.5. The van der Waals surface area contributed by atoms with Crippen LogP contribution >= 0.6 is 11.3 Å². The number of nitrogens with one attached hydrogen (secondary N) is 2. The molecule has 0 bridgehead atoms. The third kappa shape index (κ3) is 6.65. The lowest BCUT2D eigenvalue weighted by Crippen LogP contribution is -2.54. The Morgan fingerprint density at radius 2 is 1.91 bits per heavy atom. The SMILES string of the molecule is CN1C(NC(=O)c2ccccc2)=N[C@](CC2CCC3=NCCCN3CC2)(c2nc(NC(=O)c3ccn(C(F)F)n3)cs2)CS1(=O)=O. The fourth-order valence-electron chi connectivity index (χ4n) is 5.97. The first-order valence-corrected chi connectivity index (χ1v) is 17.3. The summed E-state index contributed by atoms with van der Waals surface area (Å²) >= 11 is 1.13. The normalized spacial score (nSPS) is 22.8. The largest absolute Gasteiger partial charge is 0.360 e. The van der Waals surface area contributed by atoms with Crippen molar-refractivity contribution in [3.05, 3.63) is 64.2 Å². The van der Waals surface area contributed by atoms with E-state index in [0.29, 0.717) is 21.7 Å². The molecule has 2 N–H and O–H groups in total. The van der Waals surface area contributed by atoms with E-state index in [1.165, 1.54) is 7.05 Å². The molecule has 2 amide bonds. The first-order chi connectivity index (χ1) is 22.0. The molecule has 6 rings (SSSR count). The average molecular weight is 674 g/mol. The zero-order chi connectivity index (χ0) is 32.5. The quantitative estimate of drug-likeness (QED) is 0.389. The molecule has 2 aromatic heterocycles. The molecule has 0 aliphatic carbocycles. The number of carbonyl (C=O) groups excluding carboxylic acids is 2. The number of sulfonamides is 1. The molecule has 0 saturated carbocycles. The highest BCUT2D eigenvalue weighted by atomic mass is 32.2. The number of amides is 2. The molecule has 1 unspecified atom stereocenters. The number of rotatable bonds is 7. The molecule has 3 aliphatic rings. The predicted octanol–water partition coefficient (Wildman–Crippen LogP) is 3.54. The maximum absolute atomic E-state index is 13.7. The molecule has 0 radical (unpaired) electrons. The lowest BCUT2D eigenvalue weighted by molar-refractivity contribution is 0.0561. The number of nitrogens with zero attached hydrogens (tertiary/aromatic N) is 7. The minimum Gasteiger partial charge on any atom is -0.360 e. The van der Waals surface area contributed by atoms with Gasteiger partial charge in [0.05, 0.1) is 5.84 Å². The van der Waals surface area contributed by atoms with Crippen LogP contribution in [0.5, 0.6) is 0 Å². The van der Waals surface area contributed by atoms with Crippen LogP contribution in [0.15, 0.2) is 58.0 Å². The van der Waals surface area contributed by atoms with Gasteiger partial charge in [0, 0.05) is 50.2 Å². The van der Waals surface area contributed by atoms with Crippen LogP contribution in [0.3, 0.4) is 0 Å². The smallest absolute Gasteiger partial charge is 0.333 e. The second-order valence-electron chi connectivity index (χ2n) is 11.5. The van der Waals surface area contributed by atoms with Gasteiger partial charge in [-0.2, -0.15) is 13.9 Å². The number of benzene rings is 1. The molecule has 1 saturated heterocycles. The van der Waals surface area contributed by atoms with Gasteiger partial charge in [-0.05, 0) is 49.8 Å². The monoisotopic (exact) mass is 673 g/mol. The van der Waals surface area contributed by atoms with E-state index >= 15 is 0 Å². The van der Waals surface area contributed by atoms with Gasteiger partial charge in [0.15, 0.2) is 5.69 Å². The third-order valence-electron chi connectivity index (χ3n) is 8.36. The van der Waals surface area contributed by atoms with Crippen molar-refractivity contribution in [2.45, 2.75) is 44.2 Å². The zero-order valence-electron chi connectivity index (χ0n) is 25.0. The number of carbonyl (C=O) groups is 2. The summed E-state index contributed by atoms with van der Waals surface area (Å²) in [5.74, 6) is -0.562. The molecule has 3 aliphatic heterocycles. The van der Waals surface area contributed by atoms with Crippen molar-refractivity contribution in [1.29, 1.82) is 0 Å². The summed E-state index contributed by atoms with van der Waals surface area (Å²) < 4.78 is 54.8. The highest BCUT2D eigenvalue weighted by Crippen LogP contribution is 2.42. The zero-order valence-corrected chi connectivity index (χ0v) is 26.6. The fourth-order valence-corrected chi connectivity index (χ4v) is 8.44. The lowest BCUT2D eigenvalue weighted by Gasteiger charge is -2.38. The Balaban J connectivity index is 1.34. The number of halogens is 2. The van der Waals surface area contributed by atoms with Crippen molar-refractivity contribution in [2.24, 2.45) is 15.9 Å². The predicted molar refractivity (Wildman–Crippen MR) is 169 cm³/mol. The summed E-state index contributed by atoms with van der Waals surface area (Å²) in [5, 5.41) is 10.7. The van der Waals surface area contributed by atoms with Gasteiger partial charge in [0.25, 0.3) is 11.8 Å². The van der Waals surface area contributed by atoms with Crippen molar-refractivity contribution in [1.82, 2.24) is 29.3 Å². The van der Waals surface area contributed by atoms with Gasteiger partial charge in [-0.25, -0.2) is 27.4 Å². The van der Waals surface area contributed by atoms with E-state index in [1.807, 2.05) is 0 Å². The number of amidine groups is 1. The summed E-state index contributed by atoms with van der Waals surface area (Å²) in [6.07, 6.45) is 4.64. The first-order valence-electron chi connectivity index (χ1n) is 14.8. The van der Waals surface area contributed by atoms with Crippen LogP contribution in [0.4, 0.5) is 14.6 Å². The molecule has 3 aromatic rings. The number of thiazole rings is 1. The Hall–Kier alpha value is -4.25. The summed E-state index contributed by atoms with van der Waals surface area (Å²) in [7, 11) is -2.64. The highest BCUT2D eigenvalue weighted by Gasteiger charge is 2.48. The Labute approximate surface area is 268 Å². The first kappa shape index (κ1) is 31.7. The van der Waals surface area contributed by atoms with Gasteiger partial charge >= 0.3 is 6.55 Å². The average Bonchev–Trinajstić information content (AvgIpc) is 3.69. The molecule has 1 aromatic carbocycles. The van der Waals surface area contributed by atoms with Crippen LogP contribution in [-0.2, 0) is 15.6 Å². The summed E-state index contributed by atoms with van der Waals surface area (Å²) in [6, 6.07) is 9.57. The number of fused-ring (bicyclic) bond motifs is 1. The van der Waals surface area contributed by atoms with E-state index in [-0.39, 0.29) is 23.4 Å². The molecule has 2 atom stereocenters. The molecule has 5 heterocycles. The van der Waals surface area contributed by atoms with Crippen molar-refractivity contribution in [3.63, 3.8) is 0 Å².